The van der Waals surface area contributed by atoms with Crippen molar-refractivity contribution in [1.82, 2.24) is 5.32 Å². The second kappa shape index (κ2) is 6.36. The molecule has 2 aliphatic rings. The van der Waals surface area contributed by atoms with Gasteiger partial charge in [0.2, 0.25) is 0 Å². The zero-order chi connectivity index (χ0) is 13.0. The Balaban J connectivity index is 1.80. The molecule has 0 aliphatic heterocycles. The van der Waals surface area contributed by atoms with Gasteiger partial charge in [-0.1, -0.05) is 20.3 Å². The normalized spacial score (nSPS) is 33.0. The Hall–Kier alpha value is -0.120. The van der Waals surface area contributed by atoms with Crippen LogP contribution in [0.5, 0.6) is 0 Å². The minimum Gasteiger partial charge on any atom is -0.394 e. The van der Waals surface area contributed by atoms with E-state index in [0.29, 0.717) is 18.1 Å². The van der Waals surface area contributed by atoms with Crippen molar-refractivity contribution in [1.29, 1.82) is 0 Å². The van der Waals surface area contributed by atoms with E-state index >= 15 is 0 Å². The maximum Gasteiger partial charge on any atom is 0.0616 e. The van der Waals surface area contributed by atoms with Crippen LogP contribution in [0.1, 0.15) is 58.8 Å². The molecule has 0 aromatic carbocycles. The van der Waals surface area contributed by atoms with Crippen molar-refractivity contribution in [3.8, 4) is 0 Å². The number of aliphatic hydroxyl groups excluding tert-OH is 1. The van der Waals surface area contributed by atoms with Crippen molar-refractivity contribution >= 4 is 0 Å². The zero-order valence-corrected chi connectivity index (χ0v) is 12.0. The Bertz CT molecular complexity index is 253. The highest BCUT2D eigenvalue weighted by Gasteiger charge is 2.42. The highest BCUT2D eigenvalue weighted by molar-refractivity contribution is 4.99. The molecule has 106 valence electrons. The number of aliphatic hydroxyl groups is 1. The lowest BCUT2D eigenvalue weighted by Gasteiger charge is -2.37. The molecular formula is C15H29NO2. The first-order chi connectivity index (χ1) is 8.66. The molecule has 2 rings (SSSR count). The van der Waals surface area contributed by atoms with Crippen LogP contribution in [0.25, 0.3) is 0 Å². The average molecular weight is 255 g/mol. The molecule has 0 aromatic rings. The van der Waals surface area contributed by atoms with Gasteiger partial charge in [-0.3, -0.25) is 0 Å². The van der Waals surface area contributed by atoms with Crippen molar-refractivity contribution in [2.24, 2.45) is 5.92 Å². The topological polar surface area (TPSA) is 41.5 Å². The fourth-order valence-corrected chi connectivity index (χ4v) is 3.50. The summed E-state index contributed by atoms with van der Waals surface area (Å²) in [5, 5.41) is 13.4. The van der Waals surface area contributed by atoms with Crippen LogP contribution < -0.4 is 5.32 Å². The van der Waals surface area contributed by atoms with Gasteiger partial charge in [0, 0.05) is 18.2 Å². The largest absolute Gasteiger partial charge is 0.394 e. The second-order valence-electron chi connectivity index (χ2n) is 6.41. The minimum atomic E-state index is -0.0445. The predicted molar refractivity (Wildman–Crippen MR) is 73.6 cm³/mol. The van der Waals surface area contributed by atoms with Crippen molar-refractivity contribution in [3.05, 3.63) is 0 Å². The van der Waals surface area contributed by atoms with Gasteiger partial charge in [-0.2, -0.15) is 0 Å². The molecule has 2 unspecified atom stereocenters. The number of ether oxygens (including phenoxy) is 1. The number of nitrogens with one attached hydrogen (secondary N) is 1. The summed E-state index contributed by atoms with van der Waals surface area (Å²) in [6, 6.07) is 0.435. The van der Waals surface area contributed by atoms with Crippen LogP contribution in [0.15, 0.2) is 0 Å². The first kappa shape index (κ1) is 14.3. The standard InChI is InChI=1S/C15H29NO2/c1-12(2)16-15(11-17)9-4-5-13(15)8-10-18-14-6-3-7-14/h12-14,16-17H,3-11H2,1-2H3. The fourth-order valence-electron chi connectivity index (χ4n) is 3.50. The Morgan fingerprint density at radius 1 is 1.28 bits per heavy atom. The summed E-state index contributed by atoms with van der Waals surface area (Å²) in [6.45, 7) is 5.46. The van der Waals surface area contributed by atoms with E-state index in [1.165, 1.54) is 32.1 Å². The smallest absolute Gasteiger partial charge is 0.0616 e. The molecule has 0 saturated heterocycles. The van der Waals surface area contributed by atoms with E-state index in [1.807, 2.05) is 0 Å². The molecule has 2 atom stereocenters. The highest BCUT2D eigenvalue weighted by Crippen LogP contribution is 2.38. The third-order valence-corrected chi connectivity index (χ3v) is 4.69. The van der Waals surface area contributed by atoms with E-state index in [4.69, 9.17) is 4.74 Å². The van der Waals surface area contributed by atoms with Crippen LogP contribution in [0, 0.1) is 5.92 Å². The van der Waals surface area contributed by atoms with E-state index in [0.717, 1.165) is 19.4 Å². The van der Waals surface area contributed by atoms with Gasteiger partial charge in [-0.05, 0) is 44.4 Å². The Morgan fingerprint density at radius 2 is 2.06 bits per heavy atom. The fraction of sp³-hybridized carbons (Fsp3) is 1.00. The molecule has 2 N–H and O–H groups in total. The summed E-state index contributed by atoms with van der Waals surface area (Å²) in [5.74, 6) is 0.574. The summed E-state index contributed by atoms with van der Waals surface area (Å²) in [5.41, 5.74) is -0.0445. The minimum absolute atomic E-state index is 0.0445. The molecule has 0 heterocycles. The molecule has 0 aromatic heterocycles. The maximum atomic E-state index is 9.80. The molecule has 0 radical (unpaired) electrons. The first-order valence-electron chi connectivity index (χ1n) is 7.66. The summed E-state index contributed by atoms with van der Waals surface area (Å²) in [6.07, 6.45) is 9.03. The molecule has 2 saturated carbocycles. The van der Waals surface area contributed by atoms with Gasteiger partial charge in [0.05, 0.1) is 12.7 Å². The lowest BCUT2D eigenvalue weighted by Crippen LogP contribution is -2.54. The summed E-state index contributed by atoms with van der Waals surface area (Å²) in [4.78, 5) is 0. The molecule has 2 fully saturated rings. The SMILES string of the molecule is CC(C)NC1(CO)CCCC1CCOC1CCC1. The van der Waals surface area contributed by atoms with Gasteiger partial charge in [0.15, 0.2) is 0 Å². The van der Waals surface area contributed by atoms with E-state index in [2.05, 4.69) is 19.2 Å². The Morgan fingerprint density at radius 3 is 2.61 bits per heavy atom. The highest BCUT2D eigenvalue weighted by atomic mass is 16.5. The van der Waals surface area contributed by atoms with Gasteiger partial charge >= 0.3 is 0 Å². The number of hydrogen-bond acceptors (Lipinski definition) is 3. The summed E-state index contributed by atoms with van der Waals surface area (Å²) >= 11 is 0. The predicted octanol–water partition coefficient (Wildman–Crippen LogP) is 2.47. The lowest BCUT2D eigenvalue weighted by atomic mass is 9.84. The van der Waals surface area contributed by atoms with Crippen LogP contribution >= 0.6 is 0 Å². The third kappa shape index (κ3) is 3.25. The maximum absolute atomic E-state index is 9.80. The Kier molecular flexibility index (Phi) is 5.05. The van der Waals surface area contributed by atoms with E-state index in [9.17, 15) is 5.11 Å². The molecule has 2 aliphatic carbocycles. The van der Waals surface area contributed by atoms with Crippen LogP contribution in [0.2, 0.25) is 0 Å². The van der Waals surface area contributed by atoms with E-state index in [1.54, 1.807) is 0 Å². The summed E-state index contributed by atoms with van der Waals surface area (Å²) in [7, 11) is 0. The van der Waals surface area contributed by atoms with Crippen molar-refractivity contribution in [2.45, 2.75) is 76.5 Å². The van der Waals surface area contributed by atoms with Crippen molar-refractivity contribution in [2.75, 3.05) is 13.2 Å². The number of hydrogen-bond donors (Lipinski definition) is 2. The van der Waals surface area contributed by atoms with Gasteiger partial charge in [-0.25, -0.2) is 0 Å². The third-order valence-electron chi connectivity index (χ3n) is 4.69. The molecule has 0 spiro atoms. The van der Waals surface area contributed by atoms with Gasteiger partial charge in [-0.15, -0.1) is 0 Å². The molecule has 3 nitrogen and oxygen atoms in total. The van der Waals surface area contributed by atoms with Gasteiger partial charge < -0.3 is 15.2 Å². The van der Waals surface area contributed by atoms with E-state index < -0.39 is 0 Å². The van der Waals surface area contributed by atoms with Crippen LogP contribution in [-0.4, -0.2) is 36.0 Å². The zero-order valence-electron chi connectivity index (χ0n) is 12.0. The Labute approximate surface area is 111 Å². The molecule has 18 heavy (non-hydrogen) atoms. The molecule has 0 bridgehead atoms. The monoisotopic (exact) mass is 255 g/mol. The molecular weight excluding hydrogens is 226 g/mol. The van der Waals surface area contributed by atoms with Crippen molar-refractivity contribution in [3.63, 3.8) is 0 Å². The van der Waals surface area contributed by atoms with Gasteiger partial charge in [0.25, 0.3) is 0 Å². The quantitative estimate of drug-likeness (QED) is 0.734. The molecule has 3 heteroatoms. The van der Waals surface area contributed by atoms with E-state index in [-0.39, 0.29) is 12.1 Å². The summed E-state index contributed by atoms with van der Waals surface area (Å²) < 4.78 is 5.87. The van der Waals surface area contributed by atoms with Crippen LogP contribution in [0.3, 0.4) is 0 Å². The van der Waals surface area contributed by atoms with Gasteiger partial charge in [0.1, 0.15) is 0 Å². The second-order valence-corrected chi connectivity index (χ2v) is 6.41. The first-order valence-corrected chi connectivity index (χ1v) is 7.66. The molecule has 0 amide bonds. The van der Waals surface area contributed by atoms with Crippen LogP contribution in [-0.2, 0) is 4.74 Å². The average Bonchev–Trinajstić information content (AvgIpc) is 2.65. The van der Waals surface area contributed by atoms with Crippen LogP contribution in [0.4, 0.5) is 0 Å². The van der Waals surface area contributed by atoms with Crippen molar-refractivity contribution < 1.29 is 9.84 Å². The lowest BCUT2D eigenvalue weighted by molar-refractivity contribution is -0.0108. The number of rotatable bonds is 7.